The Morgan fingerprint density at radius 3 is 2.83 bits per heavy atom. The first-order valence-electron chi connectivity index (χ1n) is 6.13. The molecule has 0 heterocycles. The molecule has 0 aliphatic heterocycles. The molecule has 5 heteroatoms. The smallest absolute Gasteiger partial charge is 0.238 e. The maximum Gasteiger partial charge on any atom is 0.238 e. The second-order valence-corrected chi connectivity index (χ2v) is 5.39. The Labute approximate surface area is 114 Å². The lowest BCUT2D eigenvalue weighted by molar-refractivity contribution is -0.115. The van der Waals surface area contributed by atoms with E-state index in [0.717, 1.165) is 12.8 Å². The van der Waals surface area contributed by atoms with E-state index in [1.54, 1.807) is 6.07 Å². The minimum absolute atomic E-state index is 0.145. The highest BCUT2D eigenvalue weighted by atomic mass is 79.9. The van der Waals surface area contributed by atoms with Crippen molar-refractivity contribution in [3.8, 4) is 0 Å². The van der Waals surface area contributed by atoms with Crippen LogP contribution in [0.5, 0.6) is 0 Å². The summed E-state index contributed by atoms with van der Waals surface area (Å²) in [5.41, 5.74) is 0.466. The zero-order valence-electron chi connectivity index (χ0n) is 10.0. The molecule has 1 aliphatic carbocycles. The van der Waals surface area contributed by atoms with Crippen LogP contribution in [-0.4, -0.2) is 18.5 Å². The molecular weight excluding hydrogens is 299 g/mol. The number of anilines is 1. The van der Waals surface area contributed by atoms with E-state index in [1.165, 1.54) is 25.0 Å². The second kappa shape index (κ2) is 6.29. The molecule has 2 rings (SSSR count). The largest absolute Gasteiger partial charge is 0.324 e. The van der Waals surface area contributed by atoms with Gasteiger partial charge >= 0.3 is 0 Å². The SMILES string of the molecule is O=C(CNC1CCCC1)Nc1cc(F)ccc1Br. The Morgan fingerprint density at radius 2 is 2.11 bits per heavy atom. The summed E-state index contributed by atoms with van der Waals surface area (Å²) in [6.07, 6.45) is 4.73. The van der Waals surface area contributed by atoms with Crippen molar-refractivity contribution in [2.24, 2.45) is 0 Å². The third-order valence-corrected chi connectivity index (χ3v) is 3.80. The molecule has 1 aromatic rings. The van der Waals surface area contributed by atoms with Crippen LogP contribution >= 0.6 is 15.9 Å². The van der Waals surface area contributed by atoms with Gasteiger partial charge in [-0.25, -0.2) is 4.39 Å². The fraction of sp³-hybridized carbons (Fsp3) is 0.462. The Balaban J connectivity index is 1.84. The summed E-state index contributed by atoms with van der Waals surface area (Å²) in [6, 6.07) is 4.68. The van der Waals surface area contributed by atoms with E-state index in [9.17, 15) is 9.18 Å². The maximum atomic E-state index is 13.0. The average Bonchev–Trinajstić information content (AvgIpc) is 2.84. The fourth-order valence-electron chi connectivity index (χ4n) is 2.15. The summed E-state index contributed by atoms with van der Waals surface area (Å²) in [4.78, 5) is 11.7. The molecule has 1 aromatic carbocycles. The van der Waals surface area contributed by atoms with Gasteiger partial charge in [-0.15, -0.1) is 0 Å². The molecule has 18 heavy (non-hydrogen) atoms. The minimum atomic E-state index is -0.364. The minimum Gasteiger partial charge on any atom is -0.324 e. The topological polar surface area (TPSA) is 41.1 Å². The Morgan fingerprint density at radius 1 is 1.39 bits per heavy atom. The van der Waals surface area contributed by atoms with Gasteiger partial charge in [-0.1, -0.05) is 12.8 Å². The molecule has 1 saturated carbocycles. The molecule has 0 bridgehead atoms. The molecule has 98 valence electrons. The number of amides is 1. The molecule has 0 spiro atoms. The molecule has 1 fully saturated rings. The summed E-state index contributed by atoms with van der Waals surface area (Å²) < 4.78 is 13.7. The van der Waals surface area contributed by atoms with Gasteiger partial charge in [0.25, 0.3) is 0 Å². The average molecular weight is 315 g/mol. The summed E-state index contributed by atoms with van der Waals surface area (Å²) in [7, 11) is 0. The molecule has 1 amide bonds. The van der Waals surface area contributed by atoms with Gasteiger partial charge in [0.1, 0.15) is 5.82 Å². The van der Waals surface area contributed by atoms with Gasteiger partial charge in [0.05, 0.1) is 12.2 Å². The van der Waals surface area contributed by atoms with Crippen molar-refractivity contribution < 1.29 is 9.18 Å². The molecule has 0 unspecified atom stereocenters. The third kappa shape index (κ3) is 3.78. The molecular formula is C13H16BrFN2O. The number of hydrogen-bond donors (Lipinski definition) is 2. The number of hydrogen-bond acceptors (Lipinski definition) is 2. The van der Waals surface area contributed by atoms with E-state index in [-0.39, 0.29) is 18.3 Å². The normalized spacial score (nSPS) is 15.9. The van der Waals surface area contributed by atoms with Gasteiger partial charge in [0.15, 0.2) is 0 Å². The van der Waals surface area contributed by atoms with Crippen molar-refractivity contribution in [3.63, 3.8) is 0 Å². The van der Waals surface area contributed by atoms with E-state index in [4.69, 9.17) is 0 Å². The first-order valence-corrected chi connectivity index (χ1v) is 6.93. The zero-order chi connectivity index (χ0) is 13.0. The van der Waals surface area contributed by atoms with Crippen molar-refractivity contribution in [2.75, 3.05) is 11.9 Å². The van der Waals surface area contributed by atoms with Gasteiger partial charge in [0, 0.05) is 10.5 Å². The molecule has 0 atom stereocenters. The van der Waals surface area contributed by atoms with E-state index < -0.39 is 0 Å². The number of carbonyl (C=O) groups excluding carboxylic acids is 1. The standard InChI is InChI=1S/C13H16BrFN2O/c14-11-6-5-9(15)7-12(11)17-13(18)8-16-10-3-1-2-4-10/h5-7,10,16H,1-4,8H2,(H,17,18). The second-order valence-electron chi connectivity index (χ2n) is 4.53. The van der Waals surface area contributed by atoms with Crippen LogP contribution < -0.4 is 10.6 Å². The van der Waals surface area contributed by atoms with Crippen LogP contribution in [0.1, 0.15) is 25.7 Å². The van der Waals surface area contributed by atoms with Crippen LogP contribution in [0.25, 0.3) is 0 Å². The van der Waals surface area contributed by atoms with Crippen LogP contribution in [0.2, 0.25) is 0 Å². The first kappa shape index (κ1) is 13.5. The highest BCUT2D eigenvalue weighted by molar-refractivity contribution is 9.10. The molecule has 0 radical (unpaired) electrons. The monoisotopic (exact) mass is 314 g/mol. The van der Waals surface area contributed by atoms with Crippen molar-refractivity contribution in [1.29, 1.82) is 0 Å². The van der Waals surface area contributed by atoms with Crippen molar-refractivity contribution in [2.45, 2.75) is 31.7 Å². The van der Waals surface area contributed by atoms with Gasteiger partial charge in [-0.3, -0.25) is 4.79 Å². The van der Waals surface area contributed by atoms with Crippen molar-refractivity contribution in [1.82, 2.24) is 5.32 Å². The Bertz CT molecular complexity index is 433. The fourth-order valence-corrected chi connectivity index (χ4v) is 2.50. The highest BCUT2D eigenvalue weighted by Crippen LogP contribution is 2.23. The van der Waals surface area contributed by atoms with Gasteiger partial charge in [0.2, 0.25) is 5.91 Å². The summed E-state index contributed by atoms with van der Waals surface area (Å²) in [5, 5.41) is 5.90. The number of benzene rings is 1. The number of halogens is 2. The lowest BCUT2D eigenvalue weighted by atomic mass is 10.2. The van der Waals surface area contributed by atoms with E-state index >= 15 is 0 Å². The lowest BCUT2D eigenvalue weighted by Gasteiger charge is -2.12. The van der Waals surface area contributed by atoms with Crippen molar-refractivity contribution in [3.05, 3.63) is 28.5 Å². The van der Waals surface area contributed by atoms with Gasteiger partial charge in [-0.2, -0.15) is 0 Å². The third-order valence-electron chi connectivity index (χ3n) is 3.11. The van der Waals surface area contributed by atoms with E-state index in [1.807, 2.05) is 0 Å². The molecule has 0 aromatic heterocycles. The maximum absolute atomic E-state index is 13.0. The summed E-state index contributed by atoms with van der Waals surface area (Å²) in [6.45, 7) is 0.271. The Hall–Kier alpha value is -0.940. The van der Waals surface area contributed by atoms with Crippen molar-refractivity contribution >= 4 is 27.5 Å². The number of carbonyl (C=O) groups is 1. The molecule has 1 aliphatic rings. The predicted molar refractivity (Wildman–Crippen MR) is 73.0 cm³/mol. The highest BCUT2D eigenvalue weighted by Gasteiger charge is 2.15. The van der Waals surface area contributed by atoms with Crippen LogP contribution in [0.4, 0.5) is 10.1 Å². The molecule has 3 nitrogen and oxygen atoms in total. The number of rotatable bonds is 4. The molecule has 2 N–H and O–H groups in total. The Kier molecular flexibility index (Phi) is 4.72. The quantitative estimate of drug-likeness (QED) is 0.896. The lowest BCUT2D eigenvalue weighted by Crippen LogP contribution is -2.34. The van der Waals surface area contributed by atoms with Crippen LogP contribution in [0.3, 0.4) is 0 Å². The number of nitrogens with one attached hydrogen (secondary N) is 2. The van der Waals surface area contributed by atoms with Gasteiger partial charge in [-0.05, 0) is 47.0 Å². The van der Waals surface area contributed by atoms with Gasteiger partial charge < -0.3 is 10.6 Å². The zero-order valence-corrected chi connectivity index (χ0v) is 11.6. The van der Waals surface area contributed by atoms with Crippen LogP contribution in [0, 0.1) is 5.82 Å². The van der Waals surface area contributed by atoms with Crippen LogP contribution in [0.15, 0.2) is 22.7 Å². The predicted octanol–water partition coefficient (Wildman–Crippen LogP) is 3.06. The first-order chi connectivity index (χ1) is 8.65. The summed E-state index contributed by atoms with van der Waals surface area (Å²) in [5.74, 6) is -0.509. The summed E-state index contributed by atoms with van der Waals surface area (Å²) >= 11 is 3.27. The molecule has 0 saturated heterocycles. The van der Waals surface area contributed by atoms with E-state index in [0.29, 0.717) is 16.2 Å². The van der Waals surface area contributed by atoms with E-state index in [2.05, 4.69) is 26.6 Å². The van der Waals surface area contributed by atoms with Crippen LogP contribution in [-0.2, 0) is 4.79 Å².